The Morgan fingerprint density at radius 1 is 1.65 bits per heavy atom. The normalized spacial score (nSPS) is 21.8. The highest BCUT2D eigenvalue weighted by Crippen LogP contribution is 2.29. The summed E-state index contributed by atoms with van der Waals surface area (Å²) in [5, 5.41) is 9.10. The third-order valence-corrected chi connectivity index (χ3v) is 5.73. The van der Waals surface area contributed by atoms with Gasteiger partial charge in [-0.3, -0.25) is 4.79 Å². The molecule has 1 fully saturated rings. The third-order valence-electron chi connectivity index (χ3n) is 2.55. The minimum Gasteiger partial charge on any atom is -0.480 e. The topological polar surface area (TPSA) is 114 Å². The van der Waals surface area contributed by atoms with Crippen LogP contribution in [-0.4, -0.2) is 41.4 Å². The summed E-state index contributed by atoms with van der Waals surface area (Å²) in [4.78, 5) is 14.6. The highest BCUT2D eigenvalue weighted by atomic mass is 32.2. The van der Waals surface area contributed by atoms with Crippen molar-refractivity contribution in [2.45, 2.75) is 23.1 Å². The largest absolute Gasteiger partial charge is 0.480 e. The molecule has 0 aromatic carbocycles. The molecule has 9 heteroatoms. The molecule has 0 aliphatic carbocycles. The van der Waals surface area contributed by atoms with E-state index in [1.807, 2.05) is 0 Å². The van der Waals surface area contributed by atoms with Crippen molar-refractivity contribution in [3.63, 3.8) is 0 Å². The van der Waals surface area contributed by atoms with E-state index in [1.54, 1.807) is 0 Å². The van der Waals surface area contributed by atoms with Crippen molar-refractivity contribution in [1.82, 2.24) is 9.29 Å². The zero-order chi connectivity index (χ0) is 12.6. The number of aromatic nitrogens is 1. The molecule has 1 aliphatic rings. The number of aliphatic carboxylic acids is 1. The molecule has 0 spiro atoms. The van der Waals surface area contributed by atoms with Crippen LogP contribution in [0.25, 0.3) is 0 Å². The van der Waals surface area contributed by atoms with Crippen LogP contribution in [0.4, 0.5) is 5.13 Å². The number of rotatable bonds is 3. The van der Waals surface area contributed by atoms with Gasteiger partial charge >= 0.3 is 5.97 Å². The molecule has 2 rings (SSSR count). The fourth-order valence-electron chi connectivity index (χ4n) is 1.78. The molecule has 0 amide bonds. The maximum Gasteiger partial charge on any atom is 0.322 e. The Morgan fingerprint density at radius 3 is 2.88 bits per heavy atom. The Bertz CT molecular complexity index is 539. The molecule has 3 N–H and O–H groups in total. The van der Waals surface area contributed by atoms with Crippen LogP contribution in [0.15, 0.2) is 10.4 Å². The fourth-order valence-corrected chi connectivity index (χ4v) is 4.48. The van der Waals surface area contributed by atoms with Gasteiger partial charge in [0, 0.05) is 6.54 Å². The number of sulfonamides is 1. The Hall–Kier alpha value is -1.19. The number of carbonyl (C=O) groups is 1. The number of anilines is 1. The summed E-state index contributed by atoms with van der Waals surface area (Å²) in [7, 11) is -3.78. The first-order chi connectivity index (χ1) is 7.93. The van der Waals surface area contributed by atoms with Crippen LogP contribution in [0, 0.1) is 0 Å². The van der Waals surface area contributed by atoms with Gasteiger partial charge in [-0.15, -0.1) is 0 Å². The summed E-state index contributed by atoms with van der Waals surface area (Å²) in [6.45, 7) is 0.219. The molecule has 1 saturated heterocycles. The van der Waals surface area contributed by atoms with E-state index in [2.05, 4.69) is 4.98 Å². The number of hydrogen-bond acceptors (Lipinski definition) is 6. The quantitative estimate of drug-likeness (QED) is 0.801. The number of nitrogens with two attached hydrogens (primary N) is 1. The molecule has 0 radical (unpaired) electrons. The fraction of sp³-hybridized carbons (Fsp3) is 0.500. The van der Waals surface area contributed by atoms with Crippen molar-refractivity contribution < 1.29 is 18.3 Å². The van der Waals surface area contributed by atoms with Gasteiger partial charge in [0.2, 0.25) is 0 Å². The van der Waals surface area contributed by atoms with Gasteiger partial charge in [0.15, 0.2) is 9.34 Å². The van der Waals surface area contributed by atoms with E-state index in [4.69, 9.17) is 10.8 Å². The molecule has 2 heterocycles. The van der Waals surface area contributed by atoms with Gasteiger partial charge < -0.3 is 10.8 Å². The summed E-state index contributed by atoms with van der Waals surface area (Å²) >= 11 is 0.839. The summed E-state index contributed by atoms with van der Waals surface area (Å²) < 4.78 is 25.3. The number of nitrogen functional groups attached to an aromatic ring is 1. The highest BCUT2D eigenvalue weighted by Gasteiger charge is 2.40. The van der Waals surface area contributed by atoms with Gasteiger partial charge in [0.05, 0.1) is 6.20 Å². The zero-order valence-electron chi connectivity index (χ0n) is 8.74. The van der Waals surface area contributed by atoms with Crippen molar-refractivity contribution in [1.29, 1.82) is 0 Å². The van der Waals surface area contributed by atoms with Crippen molar-refractivity contribution >= 4 is 32.5 Å². The predicted molar refractivity (Wildman–Crippen MR) is 61.1 cm³/mol. The second-order valence-electron chi connectivity index (χ2n) is 3.63. The Balaban J connectivity index is 2.36. The highest BCUT2D eigenvalue weighted by molar-refractivity contribution is 7.91. The van der Waals surface area contributed by atoms with Crippen LogP contribution in [0.5, 0.6) is 0 Å². The van der Waals surface area contributed by atoms with E-state index >= 15 is 0 Å². The van der Waals surface area contributed by atoms with E-state index in [9.17, 15) is 13.2 Å². The third kappa shape index (κ3) is 2.13. The molecule has 1 aromatic heterocycles. The maximum atomic E-state index is 12.1. The van der Waals surface area contributed by atoms with Gasteiger partial charge in [-0.2, -0.15) is 4.31 Å². The average Bonchev–Trinajstić information content (AvgIpc) is 2.84. The number of carboxylic acid groups (broad SMARTS) is 1. The predicted octanol–water partition coefficient (Wildman–Crippen LogP) is -0.0370. The molecule has 1 aromatic rings. The van der Waals surface area contributed by atoms with Gasteiger partial charge in [-0.1, -0.05) is 11.3 Å². The lowest BCUT2D eigenvalue weighted by Gasteiger charge is -2.19. The standard InChI is InChI=1S/C8H11N3O4S2/c9-8-10-4-6(16-8)17(14,15)11-3-1-2-5(11)7(12)13/h4-5H,1-3H2,(H2,9,10)(H,12,13)/t5-/m0/s1. The van der Waals surface area contributed by atoms with E-state index in [0.29, 0.717) is 12.8 Å². The number of hydrogen-bond donors (Lipinski definition) is 2. The molecule has 1 atom stereocenters. The van der Waals surface area contributed by atoms with E-state index < -0.39 is 22.0 Å². The minimum atomic E-state index is -3.78. The lowest BCUT2D eigenvalue weighted by molar-refractivity contribution is -0.140. The van der Waals surface area contributed by atoms with Crippen LogP contribution in [0.2, 0.25) is 0 Å². The molecule has 7 nitrogen and oxygen atoms in total. The number of carboxylic acids is 1. The lowest BCUT2D eigenvalue weighted by Crippen LogP contribution is -2.40. The molecule has 1 aliphatic heterocycles. The molecular weight excluding hydrogens is 266 g/mol. The van der Waals surface area contributed by atoms with Crippen LogP contribution < -0.4 is 5.73 Å². The first-order valence-electron chi connectivity index (χ1n) is 4.89. The van der Waals surface area contributed by atoms with Gasteiger partial charge in [-0.25, -0.2) is 13.4 Å². The molecule has 0 saturated carbocycles. The molecule has 17 heavy (non-hydrogen) atoms. The SMILES string of the molecule is Nc1ncc(S(=O)(=O)N2CCC[C@H]2C(=O)O)s1. The molecule has 94 valence electrons. The summed E-state index contributed by atoms with van der Waals surface area (Å²) in [6.07, 6.45) is 2.04. The first kappa shape index (κ1) is 12.3. The average molecular weight is 277 g/mol. The molecular formula is C8H11N3O4S2. The smallest absolute Gasteiger partial charge is 0.322 e. The second-order valence-corrected chi connectivity index (χ2v) is 6.81. The van der Waals surface area contributed by atoms with Crippen molar-refractivity contribution in [3.05, 3.63) is 6.20 Å². The van der Waals surface area contributed by atoms with Crippen molar-refractivity contribution in [2.24, 2.45) is 0 Å². The van der Waals surface area contributed by atoms with Gasteiger partial charge in [-0.05, 0) is 12.8 Å². The zero-order valence-corrected chi connectivity index (χ0v) is 10.4. The van der Waals surface area contributed by atoms with Crippen LogP contribution in [0.3, 0.4) is 0 Å². The maximum absolute atomic E-state index is 12.1. The summed E-state index contributed by atoms with van der Waals surface area (Å²) in [6, 6.07) is -0.983. The summed E-state index contributed by atoms with van der Waals surface area (Å²) in [5.41, 5.74) is 5.38. The minimum absolute atomic E-state index is 0.0110. The number of thiazole rings is 1. The monoisotopic (exact) mass is 277 g/mol. The van der Waals surface area contributed by atoms with Crippen molar-refractivity contribution in [2.75, 3.05) is 12.3 Å². The van der Waals surface area contributed by atoms with Gasteiger partial charge in [0.1, 0.15) is 6.04 Å². The van der Waals surface area contributed by atoms with Crippen molar-refractivity contribution in [3.8, 4) is 0 Å². The Labute approximate surface area is 102 Å². The van der Waals surface area contributed by atoms with E-state index in [-0.39, 0.29) is 15.9 Å². The first-order valence-corrected chi connectivity index (χ1v) is 7.14. The van der Waals surface area contributed by atoms with Crippen LogP contribution >= 0.6 is 11.3 Å². The Morgan fingerprint density at radius 2 is 2.35 bits per heavy atom. The van der Waals surface area contributed by atoms with Crippen LogP contribution in [-0.2, 0) is 14.8 Å². The van der Waals surface area contributed by atoms with Gasteiger partial charge in [0.25, 0.3) is 10.0 Å². The summed E-state index contributed by atoms with van der Waals surface area (Å²) in [5.74, 6) is -1.12. The Kier molecular flexibility index (Phi) is 3.06. The number of nitrogens with zero attached hydrogens (tertiary/aromatic N) is 2. The second kappa shape index (κ2) is 4.24. The molecule has 0 unspecified atom stereocenters. The van der Waals surface area contributed by atoms with E-state index in [0.717, 1.165) is 21.8 Å². The lowest BCUT2D eigenvalue weighted by atomic mass is 10.2. The van der Waals surface area contributed by atoms with E-state index in [1.165, 1.54) is 0 Å². The molecule has 0 bridgehead atoms. The van der Waals surface area contributed by atoms with Crippen LogP contribution in [0.1, 0.15) is 12.8 Å².